The average Bonchev–Trinajstić information content (AvgIpc) is 2.29. The van der Waals surface area contributed by atoms with Crippen LogP contribution in [0.25, 0.3) is 0 Å². The van der Waals surface area contributed by atoms with Crippen molar-refractivity contribution < 1.29 is 0 Å². The lowest BCUT2D eigenvalue weighted by Gasteiger charge is -2.38. The van der Waals surface area contributed by atoms with Gasteiger partial charge in [0.1, 0.15) is 0 Å². The van der Waals surface area contributed by atoms with Crippen molar-refractivity contribution in [3.05, 3.63) is 11.1 Å². The summed E-state index contributed by atoms with van der Waals surface area (Å²) in [5.41, 5.74) is 3.79. The van der Waals surface area contributed by atoms with Crippen molar-refractivity contribution >= 4 is 21.6 Å². The summed E-state index contributed by atoms with van der Waals surface area (Å²) < 4.78 is 0. The van der Waals surface area contributed by atoms with E-state index in [2.05, 4.69) is 21.6 Å². The Labute approximate surface area is 94.7 Å². The van der Waals surface area contributed by atoms with Crippen LogP contribution in [0.3, 0.4) is 0 Å². The Bertz CT molecular complexity index is 231. The number of hydrogen-bond acceptors (Lipinski definition) is 2. The van der Waals surface area contributed by atoms with Gasteiger partial charge in [-0.25, -0.2) is 0 Å². The zero-order chi connectivity index (χ0) is 9.38. The van der Waals surface area contributed by atoms with Gasteiger partial charge in [0.05, 0.1) is 0 Å². The standard InChI is InChI=1S/C12H18S2/c1-3-7-11-9(5-1)10-6-2-4-8-12(10)14-13-11/h11-12H,1-8H2. The molecule has 2 saturated carbocycles. The Balaban J connectivity index is 1.90. The first kappa shape index (κ1) is 9.65. The van der Waals surface area contributed by atoms with E-state index < -0.39 is 0 Å². The van der Waals surface area contributed by atoms with E-state index in [1.165, 1.54) is 51.4 Å². The van der Waals surface area contributed by atoms with Crippen LogP contribution in [-0.2, 0) is 0 Å². The van der Waals surface area contributed by atoms with E-state index in [4.69, 9.17) is 0 Å². The van der Waals surface area contributed by atoms with Crippen LogP contribution in [0.5, 0.6) is 0 Å². The van der Waals surface area contributed by atoms with Gasteiger partial charge in [-0.1, -0.05) is 45.6 Å². The van der Waals surface area contributed by atoms with Crippen LogP contribution in [0.1, 0.15) is 51.4 Å². The fraction of sp³-hybridized carbons (Fsp3) is 0.833. The number of hydrogen-bond donors (Lipinski definition) is 0. The van der Waals surface area contributed by atoms with Crippen LogP contribution in [0.2, 0.25) is 0 Å². The molecule has 2 aliphatic carbocycles. The Morgan fingerprint density at radius 1 is 0.714 bits per heavy atom. The van der Waals surface area contributed by atoms with Crippen molar-refractivity contribution in [3.63, 3.8) is 0 Å². The number of rotatable bonds is 0. The van der Waals surface area contributed by atoms with Crippen LogP contribution in [0, 0.1) is 0 Å². The minimum Gasteiger partial charge on any atom is -0.0856 e. The van der Waals surface area contributed by atoms with Crippen molar-refractivity contribution in [1.29, 1.82) is 0 Å². The summed E-state index contributed by atoms with van der Waals surface area (Å²) in [6.45, 7) is 0. The van der Waals surface area contributed by atoms with Crippen LogP contribution >= 0.6 is 21.6 Å². The van der Waals surface area contributed by atoms with Gasteiger partial charge >= 0.3 is 0 Å². The summed E-state index contributed by atoms with van der Waals surface area (Å²) in [5, 5.41) is 1.83. The largest absolute Gasteiger partial charge is 0.0856 e. The maximum Gasteiger partial charge on any atom is 0.0363 e. The molecular formula is C12H18S2. The first-order valence-electron chi connectivity index (χ1n) is 5.99. The molecule has 0 amide bonds. The van der Waals surface area contributed by atoms with Crippen LogP contribution < -0.4 is 0 Å². The molecule has 0 saturated heterocycles. The zero-order valence-electron chi connectivity index (χ0n) is 8.63. The van der Waals surface area contributed by atoms with E-state index in [1.54, 1.807) is 0 Å². The van der Waals surface area contributed by atoms with E-state index in [1.807, 2.05) is 11.1 Å². The van der Waals surface area contributed by atoms with Gasteiger partial charge in [-0.3, -0.25) is 0 Å². The first-order valence-corrected chi connectivity index (χ1v) is 8.27. The molecule has 2 heteroatoms. The molecule has 0 N–H and O–H groups in total. The molecule has 2 unspecified atom stereocenters. The van der Waals surface area contributed by atoms with Crippen LogP contribution in [-0.4, -0.2) is 10.5 Å². The summed E-state index contributed by atoms with van der Waals surface area (Å²) in [6, 6.07) is 0. The quantitative estimate of drug-likeness (QED) is 0.438. The highest BCUT2D eigenvalue weighted by molar-refractivity contribution is 8.77. The lowest BCUT2D eigenvalue weighted by Crippen LogP contribution is -2.24. The second-order valence-corrected chi connectivity index (χ2v) is 7.39. The maximum atomic E-state index is 2.19. The Morgan fingerprint density at radius 2 is 1.21 bits per heavy atom. The van der Waals surface area contributed by atoms with Gasteiger partial charge in [-0.2, -0.15) is 0 Å². The molecule has 1 aliphatic heterocycles. The molecule has 0 radical (unpaired) electrons. The van der Waals surface area contributed by atoms with E-state index in [9.17, 15) is 0 Å². The van der Waals surface area contributed by atoms with Gasteiger partial charge in [-0.15, -0.1) is 0 Å². The summed E-state index contributed by atoms with van der Waals surface area (Å²) in [7, 11) is 4.38. The Kier molecular flexibility index (Phi) is 2.85. The second kappa shape index (κ2) is 4.13. The fourth-order valence-corrected chi connectivity index (χ4v) is 6.69. The van der Waals surface area contributed by atoms with Gasteiger partial charge in [0.15, 0.2) is 0 Å². The van der Waals surface area contributed by atoms with Gasteiger partial charge in [0, 0.05) is 10.5 Å². The molecule has 0 bridgehead atoms. The number of fused-ring (bicyclic) bond motifs is 2. The average molecular weight is 226 g/mol. The highest BCUT2D eigenvalue weighted by Gasteiger charge is 2.33. The monoisotopic (exact) mass is 226 g/mol. The third kappa shape index (κ3) is 1.65. The SMILES string of the molecule is C1CCC2SSC3CCCCC3=C2C1. The van der Waals surface area contributed by atoms with E-state index in [0.29, 0.717) is 0 Å². The van der Waals surface area contributed by atoms with E-state index in [-0.39, 0.29) is 0 Å². The van der Waals surface area contributed by atoms with Gasteiger partial charge in [0.25, 0.3) is 0 Å². The summed E-state index contributed by atoms with van der Waals surface area (Å²) >= 11 is 0. The summed E-state index contributed by atoms with van der Waals surface area (Å²) in [5.74, 6) is 0. The van der Waals surface area contributed by atoms with E-state index >= 15 is 0 Å². The smallest absolute Gasteiger partial charge is 0.0363 e. The molecule has 0 spiro atoms. The molecular weight excluding hydrogens is 208 g/mol. The van der Waals surface area contributed by atoms with Crippen molar-refractivity contribution in [2.24, 2.45) is 0 Å². The molecule has 2 atom stereocenters. The summed E-state index contributed by atoms with van der Waals surface area (Å²) in [4.78, 5) is 0. The van der Waals surface area contributed by atoms with Gasteiger partial charge < -0.3 is 0 Å². The third-order valence-electron chi connectivity index (χ3n) is 3.80. The molecule has 2 fully saturated rings. The normalized spacial score (nSPS) is 37.7. The Hall–Kier alpha value is 0.440. The van der Waals surface area contributed by atoms with Crippen molar-refractivity contribution in [2.45, 2.75) is 61.9 Å². The zero-order valence-corrected chi connectivity index (χ0v) is 10.3. The highest BCUT2D eigenvalue weighted by atomic mass is 33.1. The highest BCUT2D eigenvalue weighted by Crippen LogP contribution is 2.52. The van der Waals surface area contributed by atoms with Gasteiger partial charge in [0.2, 0.25) is 0 Å². The van der Waals surface area contributed by atoms with Crippen molar-refractivity contribution in [1.82, 2.24) is 0 Å². The minimum atomic E-state index is 0.915. The molecule has 14 heavy (non-hydrogen) atoms. The molecule has 78 valence electrons. The van der Waals surface area contributed by atoms with Gasteiger partial charge in [-0.05, 0) is 38.5 Å². The molecule has 0 aromatic rings. The molecule has 0 aromatic carbocycles. The second-order valence-electron chi connectivity index (χ2n) is 4.71. The topological polar surface area (TPSA) is 0 Å². The Morgan fingerprint density at radius 3 is 1.71 bits per heavy atom. The summed E-state index contributed by atoms with van der Waals surface area (Å²) in [6.07, 6.45) is 11.7. The predicted octanol–water partition coefficient (Wildman–Crippen LogP) is 4.56. The van der Waals surface area contributed by atoms with Crippen LogP contribution in [0.15, 0.2) is 11.1 Å². The van der Waals surface area contributed by atoms with Crippen molar-refractivity contribution in [3.8, 4) is 0 Å². The molecule has 3 rings (SSSR count). The molecule has 3 aliphatic rings. The molecule has 0 aromatic heterocycles. The van der Waals surface area contributed by atoms with Crippen molar-refractivity contribution in [2.75, 3.05) is 0 Å². The molecule has 1 heterocycles. The lowest BCUT2D eigenvalue weighted by atomic mass is 9.83. The maximum absolute atomic E-state index is 2.19. The first-order chi connectivity index (χ1) is 6.95. The van der Waals surface area contributed by atoms with E-state index in [0.717, 1.165) is 10.5 Å². The molecule has 0 nitrogen and oxygen atoms in total. The predicted molar refractivity (Wildman–Crippen MR) is 66.7 cm³/mol. The minimum absolute atomic E-state index is 0.915. The lowest BCUT2D eigenvalue weighted by molar-refractivity contribution is 0.558. The third-order valence-corrected chi connectivity index (χ3v) is 7.15. The fourth-order valence-electron chi connectivity index (χ4n) is 3.04. The van der Waals surface area contributed by atoms with Crippen LogP contribution in [0.4, 0.5) is 0 Å².